The Labute approximate surface area is 139 Å². The molecule has 0 unspecified atom stereocenters. The van der Waals surface area contributed by atoms with Crippen molar-refractivity contribution in [3.63, 3.8) is 0 Å². The van der Waals surface area contributed by atoms with Crippen molar-refractivity contribution in [2.24, 2.45) is 7.05 Å². The van der Waals surface area contributed by atoms with Crippen LogP contribution in [0.3, 0.4) is 0 Å². The quantitative estimate of drug-likeness (QED) is 0.380. The van der Waals surface area contributed by atoms with Crippen LogP contribution < -0.4 is 5.48 Å². The largest absolute Gasteiger partial charge is 0.345 e. The summed E-state index contributed by atoms with van der Waals surface area (Å²) in [6.07, 6.45) is 9.06. The Hall–Kier alpha value is -2.70. The predicted octanol–water partition coefficient (Wildman–Crippen LogP) is 2.26. The number of halogens is 1. The van der Waals surface area contributed by atoms with Gasteiger partial charge in [-0.25, -0.2) is 5.48 Å². The van der Waals surface area contributed by atoms with Crippen LogP contribution >= 0.6 is 12.4 Å². The van der Waals surface area contributed by atoms with E-state index in [4.69, 9.17) is 5.21 Å². The maximum atomic E-state index is 12.0. The van der Waals surface area contributed by atoms with Crippen LogP contribution in [0.5, 0.6) is 0 Å². The van der Waals surface area contributed by atoms with E-state index >= 15 is 0 Å². The van der Waals surface area contributed by atoms with Gasteiger partial charge >= 0.3 is 0 Å². The monoisotopic (exact) mass is 333 g/mol. The number of allylic oxidation sites excluding steroid dienone is 1. The molecule has 0 radical (unpaired) electrons. The number of carbonyl (C=O) groups excluding carboxylic acids is 2. The second-order valence-electron chi connectivity index (χ2n) is 4.49. The second-order valence-corrected chi connectivity index (χ2v) is 4.49. The van der Waals surface area contributed by atoms with Gasteiger partial charge in [-0.3, -0.25) is 19.8 Å². The number of hydrogen-bond acceptors (Lipinski definition) is 4. The van der Waals surface area contributed by atoms with Crippen molar-refractivity contribution in [3.8, 4) is 0 Å². The topological polar surface area (TPSA) is 84.2 Å². The number of ketones is 1. The molecule has 0 aromatic carbocycles. The second kappa shape index (κ2) is 8.67. The van der Waals surface area contributed by atoms with Gasteiger partial charge in [0.2, 0.25) is 0 Å². The third-order valence-electron chi connectivity index (χ3n) is 3.07. The summed E-state index contributed by atoms with van der Waals surface area (Å²) in [5.74, 6) is -0.740. The molecular weight excluding hydrogens is 318 g/mol. The molecular formula is C16H16ClN3O3. The van der Waals surface area contributed by atoms with Gasteiger partial charge in [-0.05, 0) is 42.5 Å². The number of rotatable bonds is 5. The highest BCUT2D eigenvalue weighted by Gasteiger charge is 2.03. The molecule has 0 bridgehead atoms. The maximum absolute atomic E-state index is 12.0. The number of amides is 1. The Morgan fingerprint density at radius 2 is 1.83 bits per heavy atom. The lowest BCUT2D eigenvalue weighted by Gasteiger charge is -2.01. The zero-order valence-corrected chi connectivity index (χ0v) is 13.2. The normalized spacial score (nSPS) is 10.7. The Morgan fingerprint density at radius 1 is 1.17 bits per heavy atom. The van der Waals surface area contributed by atoms with E-state index in [2.05, 4.69) is 4.98 Å². The lowest BCUT2D eigenvalue weighted by molar-refractivity contribution is -0.124. The molecule has 2 rings (SSSR count). The zero-order chi connectivity index (χ0) is 15.9. The van der Waals surface area contributed by atoms with E-state index in [1.54, 1.807) is 36.5 Å². The van der Waals surface area contributed by atoms with Crippen LogP contribution in [0.1, 0.15) is 21.7 Å². The highest BCUT2D eigenvalue weighted by atomic mass is 35.5. The molecule has 0 saturated heterocycles. The van der Waals surface area contributed by atoms with Gasteiger partial charge in [0.15, 0.2) is 5.78 Å². The van der Waals surface area contributed by atoms with Crippen LogP contribution in [0.25, 0.3) is 12.2 Å². The van der Waals surface area contributed by atoms with Gasteiger partial charge in [-0.1, -0.05) is 0 Å². The van der Waals surface area contributed by atoms with Crippen LogP contribution in [0.15, 0.2) is 48.8 Å². The average Bonchev–Trinajstić information content (AvgIpc) is 2.91. The van der Waals surface area contributed by atoms with Gasteiger partial charge in [0.25, 0.3) is 5.91 Å². The molecule has 2 N–H and O–H groups in total. The van der Waals surface area contributed by atoms with E-state index in [0.717, 1.165) is 11.4 Å². The van der Waals surface area contributed by atoms with Gasteiger partial charge in [-0.2, -0.15) is 0 Å². The predicted molar refractivity (Wildman–Crippen MR) is 89.2 cm³/mol. The number of hydroxylamine groups is 1. The first-order valence-electron chi connectivity index (χ1n) is 6.52. The Balaban J connectivity index is 0.00000264. The molecule has 7 heteroatoms. The van der Waals surface area contributed by atoms with Crippen LogP contribution in [0.4, 0.5) is 0 Å². The number of aromatic nitrogens is 2. The Bertz CT molecular complexity index is 736. The summed E-state index contributed by atoms with van der Waals surface area (Å²) in [5, 5.41) is 8.43. The summed E-state index contributed by atoms with van der Waals surface area (Å²) in [6.45, 7) is 0. The summed E-state index contributed by atoms with van der Waals surface area (Å²) in [6, 6.07) is 7.03. The van der Waals surface area contributed by atoms with Crippen molar-refractivity contribution in [3.05, 3.63) is 65.8 Å². The van der Waals surface area contributed by atoms with Gasteiger partial charge in [0, 0.05) is 42.5 Å². The lowest BCUT2D eigenvalue weighted by Crippen LogP contribution is -2.14. The molecule has 0 spiro atoms. The molecule has 0 aliphatic rings. The first-order chi connectivity index (χ1) is 10.6. The maximum Gasteiger partial charge on any atom is 0.267 e. The molecule has 0 atom stereocenters. The fourth-order valence-corrected chi connectivity index (χ4v) is 1.84. The van der Waals surface area contributed by atoms with Gasteiger partial charge in [0.05, 0.1) is 0 Å². The summed E-state index contributed by atoms with van der Waals surface area (Å²) in [4.78, 5) is 26.8. The van der Waals surface area contributed by atoms with Crippen LogP contribution in [-0.4, -0.2) is 26.4 Å². The SMILES string of the molecule is Cl.Cn1c(/C=C/C(=O)NO)ccc1/C=C/C(=O)c1cccnc1. The van der Waals surface area contributed by atoms with E-state index in [0.29, 0.717) is 5.56 Å². The summed E-state index contributed by atoms with van der Waals surface area (Å²) >= 11 is 0. The van der Waals surface area contributed by atoms with Gasteiger partial charge in [0.1, 0.15) is 0 Å². The average molecular weight is 334 g/mol. The van der Waals surface area contributed by atoms with Gasteiger partial charge < -0.3 is 4.57 Å². The third kappa shape index (κ3) is 4.91. The van der Waals surface area contributed by atoms with Crippen molar-refractivity contribution >= 4 is 36.2 Å². The molecule has 2 heterocycles. The summed E-state index contributed by atoms with van der Waals surface area (Å²) < 4.78 is 1.81. The smallest absolute Gasteiger partial charge is 0.267 e. The molecule has 2 aromatic heterocycles. The van der Waals surface area contributed by atoms with Crippen molar-refractivity contribution in [1.82, 2.24) is 15.0 Å². The Kier molecular flexibility index (Phi) is 6.92. The van der Waals surface area contributed by atoms with Crippen molar-refractivity contribution in [2.75, 3.05) is 0 Å². The molecule has 6 nitrogen and oxygen atoms in total. The Morgan fingerprint density at radius 3 is 2.39 bits per heavy atom. The minimum absolute atomic E-state index is 0. The van der Waals surface area contributed by atoms with E-state index in [1.165, 1.54) is 23.8 Å². The van der Waals surface area contributed by atoms with Crippen LogP contribution in [0.2, 0.25) is 0 Å². The standard InChI is InChI=1S/C16H15N3O3.ClH/c1-19-13(4-5-14(19)7-9-16(21)18-22)6-8-15(20)12-3-2-10-17-11-12;/h2-11,22H,1H3,(H,18,21);1H/b8-6+,9-7+;. The molecule has 120 valence electrons. The number of carbonyl (C=O) groups is 2. The first kappa shape index (κ1) is 18.3. The molecule has 0 fully saturated rings. The van der Waals surface area contributed by atoms with E-state index < -0.39 is 5.91 Å². The molecule has 0 aliphatic carbocycles. The molecule has 23 heavy (non-hydrogen) atoms. The van der Waals surface area contributed by atoms with E-state index in [-0.39, 0.29) is 18.2 Å². The fourth-order valence-electron chi connectivity index (χ4n) is 1.84. The third-order valence-corrected chi connectivity index (χ3v) is 3.07. The van der Waals surface area contributed by atoms with Crippen molar-refractivity contribution in [1.29, 1.82) is 0 Å². The number of nitrogens with one attached hydrogen (secondary N) is 1. The van der Waals surface area contributed by atoms with Crippen molar-refractivity contribution < 1.29 is 14.8 Å². The molecule has 0 aliphatic heterocycles. The molecule has 2 aromatic rings. The van der Waals surface area contributed by atoms with Crippen molar-refractivity contribution in [2.45, 2.75) is 0 Å². The van der Waals surface area contributed by atoms with E-state index in [9.17, 15) is 9.59 Å². The first-order valence-corrected chi connectivity index (χ1v) is 6.52. The highest BCUT2D eigenvalue weighted by molar-refractivity contribution is 6.06. The highest BCUT2D eigenvalue weighted by Crippen LogP contribution is 2.11. The summed E-state index contributed by atoms with van der Waals surface area (Å²) in [7, 11) is 1.81. The summed E-state index contributed by atoms with van der Waals surface area (Å²) in [5.41, 5.74) is 3.61. The number of hydrogen-bond donors (Lipinski definition) is 2. The minimum Gasteiger partial charge on any atom is -0.345 e. The van der Waals surface area contributed by atoms with Crippen LogP contribution in [0, 0.1) is 0 Å². The van der Waals surface area contributed by atoms with Crippen LogP contribution in [-0.2, 0) is 11.8 Å². The molecule has 0 saturated carbocycles. The van der Waals surface area contributed by atoms with Gasteiger partial charge in [-0.15, -0.1) is 12.4 Å². The van der Waals surface area contributed by atoms with E-state index in [1.807, 2.05) is 17.7 Å². The minimum atomic E-state index is -0.606. The molecule has 1 amide bonds. The fraction of sp³-hybridized carbons (Fsp3) is 0.0625. The lowest BCUT2D eigenvalue weighted by atomic mass is 10.2. The number of pyridine rings is 1. The zero-order valence-electron chi connectivity index (χ0n) is 12.3. The number of nitrogens with zero attached hydrogens (tertiary/aromatic N) is 2.